The summed E-state index contributed by atoms with van der Waals surface area (Å²) in [5, 5.41) is 9.67. The van der Waals surface area contributed by atoms with Gasteiger partial charge in [-0.3, -0.25) is 4.98 Å². The molecule has 0 fully saturated rings. The maximum atomic E-state index is 11.0. The van der Waals surface area contributed by atoms with E-state index < -0.39 is 5.97 Å². The van der Waals surface area contributed by atoms with E-state index in [4.69, 9.17) is 16.7 Å². The SMILES string of the molecule is O=C(O)c1cnccc1Sc1ccc(Cl)cc1. The van der Waals surface area contributed by atoms with E-state index in [9.17, 15) is 4.79 Å². The molecule has 0 saturated heterocycles. The number of carbonyl (C=O) groups is 1. The molecule has 1 aromatic carbocycles. The lowest BCUT2D eigenvalue weighted by atomic mass is 10.3. The topological polar surface area (TPSA) is 50.2 Å². The van der Waals surface area contributed by atoms with Crippen LogP contribution in [0.2, 0.25) is 5.02 Å². The monoisotopic (exact) mass is 265 g/mol. The van der Waals surface area contributed by atoms with Crippen LogP contribution in [-0.4, -0.2) is 16.1 Å². The fourth-order valence-corrected chi connectivity index (χ4v) is 2.29. The van der Waals surface area contributed by atoms with Gasteiger partial charge in [-0.15, -0.1) is 0 Å². The van der Waals surface area contributed by atoms with Crippen molar-refractivity contribution in [3.05, 3.63) is 53.3 Å². The van der Waals surface area contributed by atoms with Crippen molar-refractivity contribution < 1.29 is 9.90 Å². The first-order chi connectivity index (χ1) is 8.16. The molecule has 2 rings (SSSR count). The molecular weight excluding hydrogens is 258 g/mol. The van der Waals surface area contributed by atoms with Crippen LogP contribution in [0.25, 0.3) is 0 Å². The molecule has 0 spiro atoms. The van der Waals surface area contributed by atoms with Gasteiger partial charge in [0.1, 0.15) is 0 Å². The highest BCUT2D eigenvalue weighted by molar-refractivity contribution is 7.99. The fourth-order valence-electron chi connectivity index (χ4n) is 1.26. The predicted molar refractivity (Wildman–Crippen MR) is 66.8 cm³/mol. The van der Waals surface area contributed by atoms with Crippen molar-refractivity contribution in [3.63, 3.8) is 0 Å². The lowest BCUT2D eigenvalue weighted by molar-refractivity contribution is 0.0692. The minimum absolute atomic E-state index is 0.201. The van der Waals surface area contributed by atoms with Gasteiger partial charge < -0.3 is 5.11 Å². The molecule has 0 aliphatic rings. The molecule has 0 bridgehead atoms. The summed E-state index contributed by atoms with van der Waals surface area (Å²) in [6.07, 6.45) is 2.92. The van der Waals surface area contributed by atoms with Crippen LogP contribution < -0.4 is 0 Å². The van der Waals surface area contributed by atoms with Gasteiger partial charge in [-0.05, 0) is 30.3 Å². The summed E-state index contributed by atoms with van der Waals surface area (Å²) in [4.78, 5) is 16.4. The summed E-state index contributed by atoms with van der Waals surface area (Å²) < 4.78 is 0. The van der Waals surface area contributed by atoms with Crippen LogP contribution in [0.4, 0.5) is 0 Å². The van der Waals surface area contributed by atoms with Crippen molar-refractivity contribution in [2.75, 3.05) is 0 Å². The molecule has 1 N–H and O–H groups in total. The minimum Gasteiger partial charge on any atom is -0.478 e. The molecule has 86 valence electrons. The first kappa shape index (κ1) is 12.0. The van der Waals surface area contributed by atoms with E-state index in [1.165, 1.54) is 18.0 Å². The molecule has 0 aliphatic carbocycles. The normalized spacial score (nSPS) is 10.2. The summed E-state index contributed by atoms with van der Waals surface area (Å²) in [5.41, 5.74) is 0.201. The highest BCUT2D eigenvalue weighted by atomic mass is 35.5. The van der Waals surface area contributed by atoms with Gasteiger partial charge in [0, 0.05) is 27.2 Å². The van der Waals surface area contributed by atoms with Crippen LogP contribution in [-0.2, 0) is 0 Å². The molecule has 1 heterocycles. The Kier molecular flexibility index (Phi) is 3.66. The molecule has 0 aliphatic heterocycles. The number of carboxylic acids is 1. The van der Waals surface area contributed by atoms with Gasteiger partial charge in [-0.2, -0.15) is 0 Å². The van der Waals surface area contributed by atoms with Crippen molar-refractivity contribution in [1.82, 2.24) is 4.98 Å². The summed E-state index contributed by atoms with van der Waals surface area (Å²) in [6.45, 7) is 0. The Balaban J connectivity index is 2.30. The number of pyridine rings is 1. The van der Waals surface area contributed by atoms with Crippen LogP contribution >= 0.6 is 23.4 Å². The first-order valence-corrected chi connectivity index (χ1v) is 5.97. The van der Waals surface area contributed by atoms with Gasteiger partial charge >= 0.3 is 5.97 Å². The molecule has 1 aromatic heterocycles. The van der Waals surface area contributed by atoms with Crippen LogP contribution in [0, 0.1) is 0 Å². The highest BCUT2D eigenvalue weighted by Gasteiger charge is 2.10. The smallest absolute Gasteiger partial charge is 0.338 e. The van der Waals surface area contributed by atoms with E-state index in [0.29, 0.717) is 9.92 Å². The Labute approximate surface area is 107 Å². The molecule has 0 saturated carbocycles. The van der Waals surface area contributed by atoms with Crippen molar-refractivity contribution in [1.29, 1.82) is 0 Å². The van der Waals surface area contributed by atoms with Crippen molar-refractivity contribution >= 4 is 29.3 Å². The van der Waals surface area contributed by atoms with Crippen molar-refractivity contribution in [2.24, 2.45) is 0 Å². The largest absolute Gasteiger partial charge is 0.478 e. The number of aromatic carboxylic acids is 1. The number of carboxylic acid groups (broad SMARTS) is 1. The predicted octanol–water partition coefficient (Wildman–Crippen LogP) is 3.58. The van der Waals surface area contributed by atoms with E-state index in [1.54, 1.807) is 24.4 Å². The molecule has 2 aromatic rings. The zero-order valence-corrected chi connectivity index (χ0v) is 10.2. The second kappa shape index (κ2) is 5.21. The van der Waals surface area contributed by atoms with E-state index in [1.807, 2.05) is 12.1 Å². The highest BCUT2D eigenvalue weighted by Crippen LogP contribution is 2.30. The Bertz CT molecular complexity index is 542. The zero-order valence-electron chi connectivity index (χ0n) is 8.63. The van der Waals surface area contributed by atoms with Gasteiger partial charge in [0.2, 0.25) is 0 Å². The molecule has 0 atom stereocenters. The number of hydrogen-bond acceptors (Lipinski definition) is 3. The second-order valence-electron chi connectivity index (χ2n) is 3.23. The number of aromatic nitrogens is 1. The van der Waals surface area contributed by atoms with Crippen LogP contribution in [0.15, 0.2) is 52.5 Å². The Morgan fingerprint density at radius 1 is 1.24 bits per heavy atom. The summed E-state index contributed by atoms with van der Waals surface area (Å²) >= 11 is 7.15. The van der Waals surface area contributed by atoms with Crippen molar-refractivity contribution in [2.45, 2.75) is 9.79 Å². The molecule has 5 heteroatoms. The Morgan fingerprint density at radius 2 is 1.94 bits per heavy atom. The zero-order chi connectivity index (χ0) is 12.3. The number of rotatable bonds is 3. The molecule has 0 unspecified atom stereocenters. The van der Waals surface area contributed by atoms with E-state index in [0.717, 1.165) is 4.90 Å². The quantitative estimate of drug-likeness (QED) is 0.921. The minimum atomic E-state index is -0.977. The van der Waals surface area contributed by atoms with Crippen LogP contribution in [0.5, 0.6) is 0 Å². The third-order valence-electron chi connectivity index (χ3n) is 2.05. The van der Waals surface area contributed by atoms with Crippen LogP contribution in [0.1, 0.15) is 10.4 Å². The fraction of sp³-hybridized carbons (Fsp3) is 0. The van der Waals surface area contributed by atoms with Gasteiger partial charge in [-0.25, -0.2) is 4.79 Å². The number of benzene rings is 1. The molecular formula is C12H8ClNO2S. The van der Waals surface area contributed by atoms with Crippen molar-refractivity contribution in [3.8, 4) is 0 Å². The van der Waals surface area contributed by atoms with E-state index in [2.05, 4.69) is 4.98 Å². The third-order valence-corrected chi connectivity index (χ3v) is 3.39. The van der Waals surface area contributed by atoms with Gasteiger partial charge in [-0.1, -0.05) is 23.4 Å². The molecule has 17 heavy (non-hydrogen) atoms. The van der Waals surface area contributed by atoms with Gasteiger partial charge in [0.15, 0.2) is 0 Å². The number of halogens is 1. The molecule has 0 amide bonds. The third kappa shape index (κ3) is 2.99. The molecule has 3 nitrogen and oxygen atoms in total. The van der Waals surface area contributed by atoms with Crippen LogP contribution in [0.3, 0.4) is 0 Å². The van der Waals surface area contributed by atoms with E-state index >= 15 is 0 Å². The lowest BCUT2D eigenvalue weighted by Gasteiger charge is -2.04. The summed E-state index contributed by atoms with van der Waals surface area (Å²) in [6, 6.07) is 8.91. The average molecular weight is 266 g/mol. The number of hydrogen-bond donors (Lipinski definition) is 1. The summed E-state index contributed by atoms with van der Waals surface area (Å²) in [5.74, 6) is -0.977. The standard InChI is InChI=1S/C12H8ClNO2S/c13-8-1-3-9(4-2-8)17-11-5-6-14-7-10(11)12(15)16/h1-7H,(H,15,16). The maximum Gasteiger partial charge on any atom is 0.338 e. The maximum absolute atomic E-state index is 11.0. The van der Waals surface area contributed by atoms with Gasteiger partial charge in [0.25, 0.3) is 0 Å². The van der Waals surface area contributed by atoms with Gasteiger partial charge in [0.05, 0.1) is 5.56 Å². The van der Waals surface area contributed by atoms with E-state index in [-0.39, 0.29) is 5.56 Å². The Morgan fingerprint density at radius 3 is 2.59 bits per heavy atom. The Hall–Kier alpha value is -1.52. The second-order valence-corrected chi connectivity index (χ2v) is 4.78. The lowest BCUT2D eigenvalue weighted by Crippen LogP contribution is -1.99. The molecule has 0 radical (unpaired) electrons. The average Bonchev–Trinajstić information content (AvgIpc) is 2.32. The summed E-state index contributed by atoms with van der Waals surface area (Å²) in [7, 11) is 0. The first-order valence-electron chi connectivity index (χ1n) is 4.77. The number of nitrogens with zero attached hydrogens (tertiary/aromatic N) is 1.